The molecule has 0 amide bonds. The number of rotatable bonds is 6. The van der Waals surface area contributed by atoms with Gasteiger partial charge in [0.15, 0.2) is 0 Å². The molecule has 0 saturated heterocycles. The van der Waals surface area contributed by atoms with Gasteiger partial charge in [-0.3, -0.25) is 0 Å². The van der Waals surface area contributed by atoms with Crippen molar-refractivity contribution in [2.75, 3.05) is 0 Å². The number of aliphatic carboxylic acids is 1. The van der Waals surface area contributed by atoms with Crippen molar-refractivity contribution in [3.63, 3.8) is 0 Å². The molecule has 0 heterocycles. The maximum absolute atomic E-state index is 10.8. The Kier molecular flexibility index (Phi) is 6.00. The minimum atomic E-state index is -0.910. The molecule has 2 N–H and O–H groups in total. The second-order valence-corrected chi connectivity index (χ2v) is 9.47. The van der Waals surface area contributed by atoms with Crippen molar-refractivity contribution in [1.29, 1.82) is 0 Å². The fourth-order valence-corrected chi connectivity index (χ4v) is 6.53. The van der Waals surface area contributed by atoms with Crippen LogP contribution in [0.3, 0.4) is 0 Å². The monoisotopic (exact) mass is 372 g/mol. The lowest BCUT2D eigenvalue weighted by atomic mass is 9.53. The molecule has 0 aromatic heterocycles. The Morgan fingerprint density at radius 3 is 2.63 bits per heavy atom. The first kappa shape index (κ1) is 20.4. The van der Waals surface area contributed by atoms with Crippen molar-refractivity contribution in [1.82, 2.24) is 0 Å². The highest BCUT2D eigenvalue weighted by Gasteiger charge is 2.68. The van der Waals surface area contributed by atoms with Crippen LogP contribution in [0.1, 0.15) is 59.8 Å². The number of carboxylic acid groups (broad SMARTS) is 1. The summed E-state index contributed by atoms with van der Waals surface area (Å²) in [5, 5.41) is 19.7. The third kappa shape index (κ3) is 3.81. The zero-order valence-corrected chi connectivity index (χ0v) is 17.3. The molecule has 150 valence electrons. The van der Waals surface area contributed by atoms with E-state index in [1.54, 1.807) is 6.08 Å². The maximum Gasteiger partial charge on any atom is 0.328 e. The number of allylic oxidation sites excluding steroid dienone is 5. The summed E-state index contributed by atoms with van der Waals surface area (Å²) in [6, 6.07) is 0. The van der Waals surface area contributed by atoms with Crippen molar-refractivity contribution in [3.05, 3.63) is 36.0 Å². The molecule has 0 radical (unpaired) electrons. The molecule has 0 aromatic rings. The van der Waals surface area contributed by atoms with Crippen LogP contribution in [0.15, 0.2) is 36.0 Å². The number of unbranched alkanes of at least 4 members (excludes halogenated alkanes) is 1. The van der Waals surface area contributed by atoms with Crippen LogP contribution in [0, 0.1) is 40.9 Å². The van der Waals surface area contributed by atoms with Gasteiger partial charge in [0, 0.05) is 6.08 Å². The molecule has 3 aliphatic rings. The summed E-state index contributed by atoms with van der Waals surface area (Å²) >= 11 is 0. The van der Waals surface area contributed by atoms with E-state index in [1.807, 2.05) is 6.08 Å². The molecule has 3 heteroatoms. The van der Waals surface area contributed by atoms with E-state index in [1.165, 1.54) is 18.1 Å². The van der Waals surface area contributed by atoms with Gasteiger partial charge in [0.2, 0.25) is 0 Å². The van der Waals surface area contributed by atoms with E-state index in [0.29, 0.717) is 35.5 Å². The minimum absolute atomic E-state index is 0.177. The Balaban J connectivity index is 1.98. The number of carboxylic acids is 1. The van der Waals surface area contributed by atoms with Crippen LogP contribution in [-0.4, -0.2) is 22.3 Å². The van der Waals surface area contributed by atoms with Crippen LogP contribution in [0.25, 0.3) is 0 Å². The molecule has 0 aromatic carbocycles. The molecule has 0 spiro atoms. The van der Waals surface area contributed by atoms with E-state index in [9.17, 15) is 9.90 Å². The van der Waals surface area contributed by atoms with E-state index in [-0.39, 0.29) is 11.5 Å². The van der Waals surface area contributed by atoms with Crippen LogP contribution in [-0.2, 0) is 4.79 Å². The van der Waals surface area contributed by atoms with Crippen LogP contribution < -0.4 is 0 Å². The molecule has 8 atom stereocenters. The first-order chi connectivity index (χ1) is 12.8. The average Bonchev–Trinajstić information content (AvgIpc) is 3.30. The number of hydrogen-bond acceptors (Lipinski definition) is 2. The Bertz CT molecular complexity index is 646. The quantitative estimate of drug-likeness (QED) is 0.381. The predicted molar refractivity (Wildman–Crippen MR) is 109 cm³/mol. The van der Waals surface area contributed by atoms with Gasteiger partial charge in [-0.25, -0.2) is 4.79 Å². The molecule has 0 aliphatic heterocycles. The van der Waals surface area contributed by atoms with Crippen molar-refractivity contribution in [2.24, 2.45) is 40.9 Å². The molecule has 3 saturated carbocycles. The summed E-state index contributed by atoms with van der Waals surface area (Å²) in [6.07, 6.45) is 14.8. The number of aliphatic hydroxyl groups excluding tert-OH is 1. The zero-order chi connectivity index (χ0) is 19.8. The lowest BCUT2D eigenvalue weighted by Gasteiger charge is -2.52. The molecule has 3 nitrogen and oxygen atoms in total. The van der Waals surface area contributed by atoms with Crippen LogP contribution in [0.5, 0.6) is 0 Å². The van der Waals surface area contributed by atoms with Crippen molar-refractivity contribution in [3.8, 4) is 0 Å². The Morgan fingerprint density at radius 1 is 1.22 bits per heavy atom. The van der Waals surface area contributed by atoms with Gasteiger partial charge in [0.05, 0.1) is 6.10 Å². The van der Waals surface area contributed by atoms with Gasteiger partial charge < -0.3 is 10.2 Å². The first-order valence-corrected chi connectivity index (χ1v) is 10.7. The molecular weight excluding hydrogens is 336 g/mol. The van der Waals surface area contributed by atoms with Gasteiger partial charge in [0.25, 0.3) is 0 Å². The number of carbonyl (C=O) groups is 1. The smallest absolute Gasteiger partial charge is 0.328 e. The van der Waals surface area contributed by atoms with Crippen molar-refractivity contribution < 1.29 is 15.0 Å². The first-order valence-electron chi connectivity index (χ1n) is 10.7. The maximum atomic E-state index is 10.8. The summed E-state index contributed by atoms with van der Waals surface area (Å²) in [7, 11) is 0. The third-order valence-electron chi connectivity index (χ3n) is 7.74. The van der Waals surface area contributed by atoms with E-state index in [4.69, 9.17) is 5.11 Å². The van der Waals surface area contributed by atoms with Gasteiger partial charge in [-0.05, 0) is 73.5 Å². The molecular formula is C24H36O3. The van der Waals surface area contributed by atoms with Crippen molar-refractivity contribution in [2.45, 2.75) is 65.9 Å². The molecule has 3 fully saturated rings. The minimum Gasteiger partial charge on any atom is -0.478 e. The van der Waals surface area contributed by atoms with Crippen LogP contribution in [0.2, 0.25) is 0 Å². The summed E-state index contributed by atoms with van der Waals surface area (Å²) in [6.45, 7) is 9.28. The van der Waals surface area contributed by atoms with Gasteiger partial charge in [0.1, 0.15) is 0 Å². The third-order valence-corrected chi connectivity index (χ3v) is 7.74. The fourth-order valence-electron chi connectivity index (χ4n) is 6.53. The van der Waals surface area contributed by atoms with Crippen molar-refractivity contribution >= 4 is 5.97 Å². The van der Waals surface area contributed by atoms with E-state index in [2.05, 4.69) is 39.8 Å². The summed E-state index contributed by atoms with van der Waals surface area (Å²) in [5.74, 6) is 2.07. The number of hydrogen-bond donors (Lipinski definition) is 2. The highest BCUT2D eigenvalue weighted by Crippen LogP contribution is 2.73. The molecule has 27 heavy (non-hydrogen) atoms. The topological polar surface area (TPSA) is 57.5 Å². The summed E-state index contributed by atoms with van der Waals surface area (Å²) < 4.78 is 0. The lowest BCUT2D eigenvalue weighted by molar-refractivity contribution is -0.131. The number of aliphatic hydroxyl groups is 1. The standard InChI is InChI=1S/C24H36O3/c1-5-6-9-16(3)23-17(10-7-8-11-20(26)27)21-15(2)12-13-19(25)22(21)18-14-24(18,23)4/h7-11,15,17-19,21-23,25H,5-6,12-14H2,1-4H3,(H,26,27)/b10-7+,11-8+,16-9-/t15-,17-,18?,19-,21-,22-,23-,24+/m0/s1. The van der Waals surface area contributed by atoms with E-state index < -0.39 is 5.97 Å². The normalized spacial score (nSPS) is 44.3. The molecule has 1 unspecified atom stereocenters. The van der Waals surface area contributed by atoms with Crippen LogP contribution in [0.4, 0.5) is 0 Å². The lowest BCUT2D eigenvalue weighted by Crippen LogP contribution is -2.49. The van der Waals surface area contributed by atoms with E-state index >= 15 is 0 Å². The average molecular weight is 373 g/mol. The molecule has 3 aliphatic carbocycles. The zero-order valence-electron chi connectivity index (χ0n) is 17.3. The van der Waals surface area contributed by atoms with Crippen LogP contribution >= 0.6 is 0 Å². The second-order valence-electron chi connectivity index (χ2n) is 9.47. The fraction of sp³-hybridized carbons (Fsp3) is 0.708. The largest absolute Gasteiger partial charge is 0.478 e. The van der Waals surface area contributed by atoms with Gasteiger partial charge in [-0.2, -0.15) is 0 Å². The van der Waals surface area contributed by atoms with Gasteiger partial charge >= 0.3 is 5.97 Å². The van der Waals surface area contributed by atoms with E-state index in [0.717, 1.165) is 25.7 Å². The Hall–Kier alpha value is -1.35. The Labute approximate surface area is 164 Å². The highest BCUT2D eigenvalue weighted by atomic mass is 16.4. The summed E-state index contributed by atoms with van der Waals surface area (Å²) in [5.41, 5.74) is 1.77. The Morgan fingerprint density at radius 2 is 1.96 bits per heavy atom. The van der Waals surface area contributed by atoms with Gasteiger partial charge in [-0.15, -0.1) is 0 Å². The highest BCUT2D eigenvalue weighted by molar-refractivity contribution is 5.80. The van der Waals surface area contributed by atoms with Gasteiger partial charge in [-0.1, -0.05) is 57.1 Å². The predicted octanol–water partition coefficient (Wildman–Crippen LogP) is 5.23. The summed E-state index contributed by atoms with van der Waals surface area (Å²) in [4.78, 5) is 10.8. The SMILES string of the molecule is CCC/C=C(/C)[C@H]1[C@@H](/C=C/C=C/C(=O)O)[C@H]2[C@@H](C3C[C@]31C)[C@@H](O)CC[C@@H]2C. The number of fused-ring (bicyclic) bond motifs is 3. The molecule has 0 bridgehead atoms. The molecule has 3 rings (SSSR count). The second kappa shape index (κ2) is 7.95.